The first-order valence-corrected chi connectivity index (χ1v) is 8.06. The van der Waals surface area contributed by atoms with Crippen LogP contribution < -0.4 is 0 Å². The van der Waals surface area contributed by atoms with Crippen molar-refractivity contribution >= 4 is 13.5 Å². The van der Waals surface area contributed by atoms with E-state index in [1.807, 2.05) is 0 Å². The molecule has 118 valence electrons. The van der Waals surface area contributed by atoms with Crippen molar-refractivity contribution in [1.29, 1.82) is 0 Å². The molecule has 0 bridgehead atoms. The Bertz CT molecular complexity index is 703. The summed E-state index contributed by atoms with van der Waals surface area (Å²) in [6.07, 6.45) is 3.00. The fraction of sp³-hybridized carbons (Fsp3) is 0.214. The van der Waals surface area contributed by atoms with E-state index in [-0.39, 0.29) is 23.0 Å². The number of aliphatic hydroxyl groups is 2. The molecule has 1 aliphatic rings. The van der Waals surface area contributed by atoms with Crippen molar-refractivity contribution in [2.45, 2.75) is 12.8 Å². The van der Waals surface area contributed by atoms with E-state index in [2.05, 4.69) is 4.76 Å². The molecule has 8 heteroatoms. The lowest BCUT2D eigenvalue weighted by molar-refractivity contribution is 0.342. The molecule has 1 aromatic carbocycles. The highest BCUT2D eigenvalue weighted by Gasteiger charge is 2.26. The van der Waals surface area contributed by atoms with Gasteiger partial charge in [0.25, 0.3) is 0 Å². The number of phenolic OH excluding ortho intramolecular Hbond substituents is 1. The van der Waals surface area contributed by atoms with E-state index < -0.39 is 13.7 Å². The second kappa shape index (κ2) is 6.36. The van der Waals surface area contributed by atoms with Crippen molar-refractivity contribution < 1.29 is 29.7 Å². The summed E-state index contributed by atoms with van der Waals surface area (Å²) in [5.74, 6) is -1.15. The highest BCUT2D eigenvalue weighted by Crippen LogP contribution is 2.39. The van der Waals surface area contributed by atoms with Gasteiger partial charge >= 0.3 is 7.75 Å². The molecule has 0 spiro atoms. The SMILES string of the molecule is O=P(O)(O)N=C1C=C(O)C=C(O)C1CCc1cccc(O)c1. The molecule has 2 rings (SSSR count). The number of aryl methyl sites for hydroxylation is 1. The van der Waals surface area contributed by atoms with Crippen molar-refractivity contribution in [2.75, 3.05) is 0 Å². The van der Waals surface area contributed by atoms with Gasteiger partial charge < -0.3 is 25.1 Å². The van der Waals surface area contributed by atoms with Gasteiger partial charge in [0, 0.05) is 12.2 Å². The van der Waals surface area contributed by atoms with Crippen LogP contribution in [0.25, 0.3) is 0 Å². The Morgan fingerprint density at radius 2 is 1.86 bits per heavy atom. The third kappa shape index (κ3) is 4.46. The van der Waals surface area contributed by atoms with Crippen molar-refractivity contribution in [2.24, 2.45) is 10.7 Å². The van der Waals surface area contributed by atoms with E-state index in [0.29, 0.717) is 12.8 Å². The molecule has 0 heterocycles. The van der Waals surface area contributed by atoms with Gasteiger partial charge in [0.05, 0.1) is 11.6 Å². The number of hydrogen-bond donors (Lipinski definition) is 5. The number of allylic oxidation sites excluding steroid dienone is 3. The summed E-state index contributed by atoms with van der Waals surface area (Å²) >= 11 is 0. The van der Waals surface area contributed by atoms with Gasteiger partial charge in [0.1, 0.15) is 17.3 Å². The summed E-state index contributed by atoms with van der Waals surface area (Å²) in [5, 5.41) is 28.8. The van der Waals surface area contributed by atoms with Crippen LogP contribution in [0.15, 0.2) is 52.7 Å². The van der Waals surface area contributed by atoms with Crippen molar-refractivity contribution in [3.05, 3.63) is 53.5 Å². The van der Waals surface area contributed by atoms with Crippen LogP contribution in [0.2, 0.25) is 0 Å². The quantitative estimate of drug-likeness (QED) is 0.540. The summed E-state index contributed by atoms with van der Waals surface area (Å²) in [6.45, 7) is 0. The fourth-order valence-corrected chi connectivity index (χ4v) is 2.76. The molecule has 1 aliphatic carbocycles. The zero-order valence-electron chi connectivity index (χ0n) is 11.5. The van der Waals surface area contributed by atoms with Gasteiger partial charge in [0.15, 0.2) is 0 Å². The molecule has 0 aromatic heterocycles. The minimum absolute atomic E-state index is 0.0778. The van der Waals surface area contributed by atoms with Gasteiger partial charge in [-0.15, -0.1) is 0 Å². The number of rotatable bonds is 4. The maximum atomic E-state index is 11.0. The molecule has 5 N–H and O–H groups in total. The first-order chi connectivity index (χ1) is 10.2. The third-order valence-electron chi connectivity index (χ3n) is 3.18. The van der Waals surface area contributed by atoms with E-state index in [1.54, 1.807) is 18.2 Å². The van der Waals surface area contributed by atoms with Gasteiger partial charge in [-0.1, -0.05) is 12.1 Å². The number of aliphatic hydroxyl groups excluding tert-OH is 2. The summed E-state index contributed by atoms with van der Waals surface area (Å²) in [6, 6.07) is 6.56. The summed E-state index contributed by atoms with van der Waals surface area (Å²) in [7, 11) is -4.67. The molecule has 1 unspecified atom stereocenters. The van der Waals surface area contributed by atoms with Crippen LogP contribution in [0.1, 0.15) is 12.0 Å². The summed E-state index contributed by atoms with van der Waals surface area (Å²) < 4.78 is 14.3. The van der Waals surface area contributed by atoms with E-state index >= 15 is 0 Å². The average Bonchev–Trinajstić information content (AvgIpc) is 2.35. The molecule has 0 saturated heterocycles. The molecule has 7 nitrogen and oxygen atoms in total. The Morgan fingerprint density at radius 1 is 1.14 bits per heavy atom. The van der Waals surface area contributed by atoms with Gasteiger partial charge in [-0.05, 0) is 30.5 Å². The van der Waals surface area contributed by atoms with Gasteiger partial charge in [0.2, 0.25) is 0 Å². The van der Waals surface area contributed by atoms with E-state index in [1.165, 1.54) is 6.07 Å². The largest absolute Gasteiger partial charge is 0.511 e. The Morgan fingerprint density at radius 3 is 2.50 bits per heavy atom. The van der Waals surface area contributed by atoms with Crippen LogP contribution in [0.3, 0.4) is 0 Å². The number of aromatic hydroxyl groups is 1. The monoisotopic (exact) mass is 325 g/mol. The number of benzene rings is 1. The normalized spacial score (nSPS) is 20.6. The topological polar surface area (TPSA) is 131 Å². The lowest BCUT2D eigenvalue weighted by Gasteiger charge is -2.20. The van der Waals surface area contributed by atoms with E-state index in [0.717, 1.165) is 17.7 Å². The molecule has 0 fully saturated rings. The van der Waals surface area contributed by atoms with Gasteiger partial charge in [-0.25, -0.2) is 4.57 Å². The molecule has 1 atom stereocenters. The van der Waals surface area contributed by atoms with E-state index in [4.69, 9.17) is 9.79 Å². The second-order valence-electron chi connectivity index (χ2n) is 4.94. The maximum absolute atomic E-state index is 11.0. The molecule has 22 heavy (non-hydrogen) atoms. The zero-order valence-corrected chi connectivity index (χ0v) is 12.4. The minimum atomic E-state index is -4.67. The van der Waals surface area contributed by atoms with Gasteiger partial charge in [-0.2, -0.15) is 4.76 Å². The van der Waals surface area contributed by atoms with Crippen molar-refractivity contribution in [1.82, 2.24) is 0 Å². The zero-order chi connectivity index (χ0) is 16.3. The smallest absolute Gasteiger partial charge is 0.448 e. The molecular weight excluding hydrogens is 309 g/mol. The average molecular weight is 325 g/mol. The van der Waals surface area contributed by atoms with Crippen LogP contribution in [-0.2, 0) is 11.0 Å². The highest BCUT2D eigenvalue weighted by molar-refractivity contribution is 7.50. The first-order valence-electron chi connectivity index (χ1n) is 6.49. The number of nitrogens with zero attached hydrogens (tertiary/aromatic N) is 1. The Labute approximate surface area is 126 Å². The van der Waals surface area contributed by atoms with Crippen LogP contribution in [0, 0.1) is 5.92 Å². The maximum Gasteiger partial charge on any atom is 0.448 e. The molecule has 0 saturated carbocycles. The molecule has 0 radical (unpaired) electrons. The predicted octanol–water partition coefficient (Wildman–Crippen LogP) is 2.37. The minimum Gasteiger partial charge on any atom is -0.511 e. The second-order valence-corrected chi connectivity index (χ2v) is 6.16. The van der Waals surface area contributed by atoms with Crippen LogP contribution in [0.5, 0.6) is 5.75 Å². The molecular formula is C14H16NO6P. The van der Waals surface area contributed by atoms with Crippen LogP contribution in [-0.4, -0.2) is 30.8 Å². The third-order valence-corrected chi connectivity index (χ3v) is 3.68. The van der Waals surface area contributed by atoms with Gasteiger partial charge in [-0.3, -0.25) is 0 Å². The summed E-state index contributed by atoms with van der Waals surface area (Å²) in [4.78, 5) is 17.9. The fourth-order valence-electron chi connectivity index (χ4n) is 2.27. The Kier molecular flexibility index (Phi) is 4.71. The summed E-state index contributed by atoms with van der Waals surface area (Å²) in [5.41, 5.74) is 0.730. The molecule has 1 aromatic rings. The van der Waals surface area contributed by atoms with Crippen molar-refractivity contribution in [3.63, 3.8) is 0 Å². The first kappa shape index (κ1) is 16.3. The Balaban J connectivity index is 2.21. The van der Waals surface area contributed by atoms with Crippen LogP contribution in [0.4, 0.5) is 0 Å². The Hall–Kier alpha value is -2.08. The van der Waals surface area contributed by atoms with Crippen LogP contribution >= 0.6 is 7.75 Å². The highest BCUT2D eigenvalue weighted by atomic mass is 31.2. The lowest BCUT2D eigenvalue weighted by atomic mass is 9.89. The molecule has 0 aliphatic heterocycles. The number of hydrogen-bond acceptors (Lipinski definition) is 4. The number of phenols is 1. The van der Waals surface area contributed by atoms with E-state index in [9.17, 15) is 19.9 Å². The standard InChI is InChI=1S/C14H16NO6P/c16-10-3-1-2-9(6-10)4-5-12-13(15-22(19,20)21)7-11(17)8-14(12)18/h1-3,6-8,12,16-18H,4-5H2,(H2,19,20,21). The van der Waals surface area contributed by atoms with Crippen molar-refractivity contribution in [3.8, 4) is 5.75 Å². The molecule has 0 amide bonds. The lowest BCUT2D eigenvalue weighted by Crippen LogP contribution is -2.20. The predicted molar refractivity (Wildman–Crippen MR) is 80.8 cm³/mol.